The second kappa shape index (κ2) is 6.24. The first-order valence-electron chi connectivity index (χ1n) is 5.70. The zero-order valence-corrected chi connectivity index (χ0v) is 10.8. The molecule has 1 atom stereocenters. The Morgan fingerprint density at radius 3 is 2.88 bits per heavy atom. The fraction of sp³-hybridized carbons (Fsp3) is 0.818. The summed E-state index contributed by atoms with van der Waals surface area (Å²) in [6.45, 7) is 5.51. The summed E-state index contributed by atoms with van der Waals surface area (Å²) in [5, 5.41) is 0. The van der Waals surface area contributed by atoms with Gasteiger partial charge in [0.1, 0.15) is 0 Å². The molecule has 1 aliphatic rings. The summed E-state index contributed by atoms with van der Waals surface area (Å²) in [6, 6.07) is 0. The Balaban J connectivity index is 2.45. The van der Waals surface area contributed by atoms with Crippen LogP contribution in [0.1, 0.15) is 33.1 Å². The molecule has 92 valence electrons. The van der Waals surface area contributed by atoms with Gasteiger partial charge >= 0.3 is 0 Å². The van der Waals surface area contributed by atoms with Gasteiger partial charge in [0.2, 0.25) is 0 Å². The maximum Gasteiger partial charge on any atom is 0.279 e. The molecule has 1 heterocycles. The molecule has 0 spiro atoms. The predicted octanol–water partition coefficient (Wildman–Crippen LogP) is 0.966. The van der Waals surface area contributed by atoms with Crippen molar-refractivity contribution in [1.29, 1.82) is 0 Å². The highest BCUT2D eigenvalue weighted by Gasteiger charge is 2.26. The first-order chi connectivity index (χ1) is 7.56. The maximum atomic E-state index is 11.9. The van der Waals surface area contributed by atoms with E-state index in [-0.39, 0.29) is 0 Å². The van der Waals surface area contributed by atoms with E-state index in [1.165, 1.54) is 0 Å². The van der Waals surface area contributed by atoms with Gasteiger partial charge in [-0.1, -0.05) is 6.92 Å². The van der Waals surface area contributed by atoms with Crippen LogP contribution in [0.5, 0.6) is 0 Å². The standard InChI is InChI=1S/C11H20N2O2S/c1-3-4-5-8-12-16(14,15)13-9-6-7-11(2)10-13/h11-12H,5-10H2,1-2H3. The third-order valence-electron chi connectivity index (χ3n) is 2.67. The highest BCUT2D eigenvalue weighted by Crippen LogP contribution is 2.17. The van der Waals surface area contributed by atoms with E-state index < -0.39 is 10.2 Å². The Morgan fingerprint density at radius 1 is 1.50 bits per heavy atom. The van der Waals surface area contributed by atoms with Crippen molar-refractivity contribution < 1.29 is 8.42 Å². The van der Waals surface area contributed by atoms with Crippen molar-refractivity contribution in [2.45, 2.75) is 33.1 Å². The Hall–Kier alpha value is -0.570. The van der Waals surface area contributed by atoms with Crippen molar-refractivity contribution in [3.05, 3.63) is 0 Å². The van der Waals surface area contributed by atoms with Crippen LogP contribution in [0.3, 0.4) is 0 Å². The van der Waals surface area contributed by atoms with Gasteiger partial charge in [-0.3, -0.25) is 0 Å². The average Bonchev–Trinajstić information content (AvgIpc) is 2.24. The van der Waals surface area contributed by atoms with Crippen molar-refractivity contribution in [3.63, 3.8) is 0 Å². The number of nitrogens with zero attached hydrogens (tertiary/aromatic N) is 1. The molecule has 0 aromatic rings. The number of rotatable bonds is 4. The normalized spacial score (nSPS) is 22.5. The Kier molecular flexibility index (Phi) is 5.26. The lowest BCUT2D eigenvalue weighted by Gasteiger charge is -2.29. The molecule has 5 heteroatoms. The second-order valence-electron chi connectivity index (χ2n) is 4.18. The molecule has 1 unspecified atom stereocenters. The number of piperidine rings is 1. The summed E-state index contributed by atoms with van der Waals surface area (Å²) in [4.78, 5) is 0. The SMILES string of the molecule is CC#CCCNS(=O)(=O)N1CCCC(C)C1. The molecule has 1 fully saturated rings. The molecule has 1 saturated heterocycles. The van der Waals surface area contributed by atoms with Crippen LogP contribution in [0.15, 0.2) is 0 Å². The Labute approximate surface area is 98.6 Å². The molecule has 0 aromatic carbocycles. The third-order valence-corrected chi connectivity index (χ3v) is 4.25. The van der Waals surface area contributed by atoms with Gasteiger partial charge in [0.25, 0.3) is 10.2 Å². The molecule has 0 aliphatic carbocycles. The Bertz CT molecular complexity index is 367. The van der Waals surface area contributed by atoms with Crippen LogP contribution in [0.25, 0.3) is 0 Å². The highest BCUT2D eigenvalue weighted by atomic mass is 32.2. The van der Waals surface area contributed by atoms with Crippen LogP contribution in [0.2, 0.25) is 0 Å². The van der Waals surface area contributed by atoms with E-state index in [1.54, 1.807) is 11.2 Å². The van der Waals surface area contributed by atoms with E-state index in [4.69, 9.17) is 0 Å². The molecule has 1 rings (SSSR count). The molecule has 16 heavy (non-hydrogen) atoms. The van der Waals surface area contributed by atoms with Gasteiger partial charge in [0.15, 0.2) is 0 Å². The molecule has 4 nitrogen and oxygen atoms in total. The lowest BCUT2D eigenvalue weighted by atomic mass is 10.0. The van der Waals surface area contributed by atoms with Crippen molar-refractivity contribution in [2.24, 2.45) is 5.92 Å². The largest absolute Gasteiger partial charge is 0.279 e. The van der Waals surface area contributed by atoms with E-state index in [1.807, 2.05) is 0 Å². The topological polar surface area (TPSA) is 49.4 Å². The van der Waals surface area contributed by atoms with Crippen LogP contribution in [-0.2, 0) is 10.2 Å². The summed E-state index contributed by atoms with van der Waals surface area (Å²) in [7, 11) is -3.28. The monoisotopic (exact) mass is 244 g/mol. The molecule has 1 N–H and O–H groups in total. The smallest absolute Gasteiger partial charge is 0.201 e. The van der Waals surface area contributed by atoms with Gasteiger partial charge in [0.05, 0.1) is 0 Å². The lowest BCUT2D eigenvalue weighted by Crippen LogP contribution is -2.45. The highest BCUT2D eigenvalue weighted by molar-refractivity contribution is 7.87. The van der Waals surface area contributed by atoms with E-state index in [0.717, 1.165) is 12.8 Å². The molecule has 0 bridgehead atoms. The van der Waals surface area contributed by atoms with Gasteiger partial charge in [-0.25, -0.2) is 4.72 Å². The molecule has 0 aromatic heterocycles. The number of hydrogen-bond donors (Lipinski definition) is 1. The first-order valence-corrected chi connectivity index (χ1v) is 7.14. The van der Waals surface area contributed by atoms with E-state index in [9.17, 15) is 8.42 Å². The van der Waals surface area contributed by atoms with Crippen LogP contribution in [0, 0.1) is 17.8 Å². The number of hydrogen-bond acceptors (Lipinski definition) is 2. The summed E-state index contributed by atoms with van der Waals surface area (Å²) >= 11 is 0. The van der Waals surface area contributed by atoms with Gasteiger partial charge in [0, 0.05) is 26.1 Å². The number of nitrogens with one attached hydrogen (secondary N) is 1. The summed E-state index contributed by atoms with van der Waals surface area (Å²) in [6.07, 6.45) is 2.64. The quantitative estimate of drug-likeness (QED) is 0.591. The zero-order valence-electron chi connectivity index (χ0n) is 9.99. The summed E-state index contributed by atoms with van der Waals surface area (Å²) in [5.74, 6) is 6.04. The molecular weight excluding hydrogens is 224 g/mol. The molecule has 0 amide bonds. The van der Waals surface area contributed by atoms with E-state index in [2.05, 4.69) is 23.5 Å². The van der Waals surface area contributed by atoms with Gasteiger partial charge in [-0.15, -0.1) is 11.8 Å². The van der Waals surface area contributed by atoms with Crippen molar-refractivity contribution in [2.75, 3.05) is 19.6 Å². The minimum Gasteiger partial charge on any atom is -0.201 e. The van der Waals surface area contributed by atoms with Crippen LogP contribution in [0.4, 0.5) is 0 Å². The molecular formula is C11H20N2O2S. The van der Waals surface area contributed by atoms with Crippen LogP contribution in [-0.4, -0.2) is 32.4 Å². The van der Waals surface area contributed by atoms with E-state index >= 15 is 0 Å². The van der Waals surface area contributed by atoms with Crippen molar-refractivity contribution >= 4 is 10.2 Å². The predicted molar refractivity (Wildman–Crippen MR) is 65.0 cm³/mol. The molecule has 1 aliphatic heterocycles. The molecule has 0 radical (unpaired) electrons. The van der Waals surface area contributed by atoms with Crippen LogP contribution < -0.4 is 4.72 Å². The van der Waals surface area contributed by atoms with Crippen molar-refractivity contribution in [3.8, 4) is 11.8 Å². The van der Waals surface area contributed by atoms with E-state index in [0.29, 0.717) is 32.0 Å². The van der Waals surface area contributed by atoms with Gasteiger partial charge < -0.3 is 0 Å². The Morgan fingerprint density at radius 2 is 2.25 bits per heavy atom. The fourth-order valence-corrected chi connectivity index (χ4v) is 3.19. The summed E-state index contributed by atoms with van der Waals surface area (Å²) < 4.78 is 27.8. The maximum absolute atomic E-state index is 11.9. The minimum atomic E-state index is -3.28. The van der Waals surface area contributed by atoms with Gasteiger partial charge in [-0.05, 0) is 25.7 Å². The minimum absolute atomic E-state index is 0.397. The first kappa shape index (κ1) is 13.5. The average molecular weight is 244 g/mol. The van der Waals surface area contributed by atoms with Gasteiger partial charge in [-0.2, -0.15) is 12.7 Å². The zero-order chi connectivity index (χ0) is 12.0. The van der Waals surface area contributed by atoms with Crippen LogP contribution >= 0.6 is 0 Å². The fourth-order valence-electron chi connectivity index (χ4n) is 1.82. The second-order valence-corrected chi connectivity index (χ2v) is 5.94. The molecule has 0 saturated carbocycles. The summed E-state index contributed by atoms with van der Waals surface area (Å²) in [5.41, 5.74) is 0. The third kappa shape index (κ3) is 4.12. The van der Waals surface area contributed by atoms with Crippen molar-refractivity contribution in [1.82, 2.24) is 9.03 Å². The lowest BCUT2D eigenvalue weighted by molar-refractivity contribution is 0.278.